The zero-order chi connectivity index (χ0) is 17.9. The van der Waals surface area contributed by atoms with Crippen molar-refractivity contribution in [2.24, 2.45) is 11.3 Å². The second-order valence-corrected chi connectivity index (χ2v) is 10.2. The van der Waals surface area contributed by atoms with Crippen LogP contribution in [-0.4, -0.2) is 58.4 Å². The van der Waals surface area contributed by atoms with Crippen LogP contribution in [0.3, 0.4) is 0 Å². The lowest BCUT2D eigenvalue weighted by Gasteiger charge is -2.52. The highest BCUT2D eigenvalue weighted by Gasteiger charge is 2.98. The molecule has 4 heterocycles. The Labute approximate surface area is 151 Å². The second-order valence-electron chi connectivity index (χ2n) is 10.2. The summed E-state index contributed by atoms with van der Waals surface area (Å²) in [5.41, 5.74) is -0.111. The number of cyclic esters (lactones) is 1. The highest BCUT2D eigenvalue weighted by molar-refractivity contribution is 5.92. The van der Waals surface area contributed by atoms with E-state index in [1.807, 2.05) is 13.8 Å². The number of epoxide rings is 3. The molecule has 1 N–H and O–H groups in total. The first-order chi connectivity index (χ1) is 12.2. The minimum atomic E-state index is -0.910. The van der Waals surface area contributed by atoms with Crippen LogP contribution in [0.15, 0.2) is 11.1 Å². The van der Waals surface area contributed by atoms with Gasteiger partial charge in [0.15, 0.2) is 0 Å². The van der Waals surface area contributed by atoms with Crippen molar-refractivity contribution in [1.29, 1.82) is 0 Å². The van der Waals surface area contributed by atoms with Crippen molar-refractivity contribution in [3.05, 3.63) is 11.1 Å². The molecule has 7 aliphatic rings. The molecule has 0 unspecified atom stereocenters. The molecule has 0 amide bonds. The van der Waals surface area contributed by atoms with Crippen LogP contribution in [0.4, 0.5) is 0 Å². The van der Waals surface area contributed by atoms with Crippen molar-refractivity contribution in [1.82, 2.24) is 0 Å². The van der Waals surface area contributed by atoms with Crippen LogP contribution in [0.25, 0.3) is 0 Å². The maximum atomic E-state index is 12.1. The van der Waals surface area contributed by atoms with Gasteiger partial charge < -0.3 is 24.1 Å². The summed E-state index contributed by atoms with van der Waals surface area (Å²) in [6, 6.07) is 0. The standard InChI is InChI=1S/C20H24O6/c1-16(2,22)19-8-18-12(24-18)6-11-10-7-23-15(21)9(10)4-5-17(11,3)20(18)14(26-20)13(19)25-19/h11-14,22H,4-8H2,1-3H3/t11-,12-,13-,14-,17-,18-,19+,20+/m0/s1. The third-order valence-electron chi connectivity index (χ3n) is 9.05. The molecule has 5 fully saturated rings. The molecule has 8 atom stereocenters. The van der Waals surface area contributed by atoms with Gasteiger partial charge >= 0.3 is 5.97 Å². The minimum Gasteiger partial charge on any atom is -0.458 e. The Balaban J connectivity index is 1.36. The van der Waals surface area contributed by atoms with Gasteiger partial charge in [0.05, 0.1) is 11.7 Å². The van der Waals surface area contributed by atoms with Gasteiger partial charge in [0.1, 0.15) is 35.6 Å². The van der Waals surface area contributed by atoms with Crippen molar-refractivity contribution in [2.45, 2.75) is 87.2 Å². The Hall–Kier alpha value is -0.950. The lowest BCUT2D eigenvalue weighted by Crippen LogP contribution is -2.64. The molecule has 2 saturated carbocycles. The fourth-order valence-electron chi connectivity index (χ4n) is 7.56. The van der Waals surface area contributed by atoms with Gasteiger partial charge in [0, 0.05) is 17.4 Å². The molecule has 3 saturated heterocycles. The molecule has 2 spiro atoms. The molecule has 0 aromatic carbocycles. The van der Waals surface area contributed by atoms with Crippen molar-refractivity contribution in [2.75, 3.05) is 6.61 Å². The van der Waals surface area contributed by atoms with Crippen LogP contribution < -0.4 is 0 Å². The van der Waals surface area contributed by atoms with E-state index < -0.39 is 11.2 Å². The number of fused-ring (bicyclic) bond motifs is 4. The van der Waals surface area contributed by atoms with E-state index >= 15 is 0 Å². The van der Waals surface area contributed by atoms with Crippen LogP contribution in [0.5, 0.6) is 0 Å². The number of carbonyl (C=O) groups excluding carboxylic acids is 1. The van der Waals surface area contributed by atoms with Gasteiger partial charge in [0.2, 0.25) is 0 Å². The normalized spacial score (nSPS) is 60.7. The van der Waals surface area contributed by atoms with E-state index in [1.165, 1.54) is 5.57 Å². The quantitative estimate of drug-likeness (QED) is 0.560. The summed E-state index contributed by atoms with van der Waals surface area (Å²) in [7, 11) is 0. The Bertz CT molecular complexity index is 827. The predicted octanol–water partition coefficient (Wildman–Crippen LogP) is 1.25. The zero-order valence-corrected chi connectivity index (χ0v) is 15.3. The van der Waals surface area contributed by atoms with Gasteiger partial charge in [-0.3, -0.25) is 0 Å². The third kappa shape index (κ3) is 1.21. The molecule has 0 bridgehead atoms. The van der Waals surface area contributed by atoms with E-state index in [-0.39, 0.29) is 46.8 Å². The zero-order valence-electron chi connectivity index (χ0n) is 15.3. The summed E-state index contributed by atoms with van der Waals surface area (Å²) in [5, 5.41) is 10.8. The molecule has 0 aromatic heterocycles. The van der Waals surface area contributed by atoms with Gasteiger partial charge in [0.25, 0.3) is 0 Å². The van der Waals surface area contributed by atoms with Crippen LogP contribution >= 0.6 is 0 Å². The number of ether oxygens (including phenoxy) is 4. The molecule has 4 aliphatic heterocycles. The summed E-state index contributed by atoms with van der Waals surface area (Å²) in [4.78, 5) is 12.1. The average Bonchev–Trinajstić information content (AvgIpc) is 3.44. The van der Waals surface area contributed by atoms with Gasteiger partial charge in [-0.1, -0.05) is 6.92 Å². The van der Waals surface area contributed by atoms with E-state index in [9.17, 15) is 9.90 Å². The molecule has 7 rings (SSSR count). The number of rotatable bonds is 1. The van der Waals surface area contributed by atoms with Crippen molar-refractivity contribution < 1.29 is 28.8 Å². The molecule has 26 heavy (non-hydrogen) atoms. The molecule has 3 aliphatic carbocycles. The molecule has 0 radical (unpaired) electrons. The SMILES string of the molecule is CC(C)(O)[C@@]12C[C@]34O[C@H]3C[C@H]3C5=C(CC[C@]3(C)[C@@]43O[C@H]3[C@@H]1O2)C(=O)OC5. The van der Waals surface area contributed by atoms with Crippen LogP contribution in [-0.2, 0) is 23.7 Å². The number of hydrogen-bond acceptors (Lipinski definition) is 6. The number of aliphatic hydroxyl groups is 1. The van der Waals surface area contributed by atoms with E-state index in [0.29, 0.717) is 13.0 Å². The Morgan fingerprint density at radius 1 is 1.19 bits per heavy atom. The highest BCUT2D eigenvalue weighted by atomic mass is 16.7. The second kappa shape index (κ2) is 3.66. The summed E-state index contributed by atoms with van der Waals surface area (Å²) < 4.78 is 24.4. The smallest absolute Gasteiger partial charge is 0.334 e. The molecule has 0 aromatic rings. The Kier molecular flexibility index (Phi) is 2.12. The van der Waals surface area contributed by atoms with Crippen LogP contribution in [0.1, 0.15) is 46.5 Å². The summed E-state index contributed by atoms with van der Waals surface area (Å²) in [6.45, 7) is 6.43. The first-order valence-corrected chi connectivity index (χ1v) is 9.85. The van der Waals surface area contributed by atoms with E-state index in [1.54, 1.807) is 0 Å². The third-order valence-corrected chi connectivity index (χ3v) is 9.05. The first kappa shape index (κ1) is 15.0. The molecule has 6 heteroatoms. The van der Waals surface area contributed by atoms with Crippen LogP contribution in [0, 0.1) is 11.3 Å². The van der Waals surface area contributed by atoms with Crippen molar-refractivity contribution in [3.63, 3.8) is 0 Å². The molecular formula is C20H24O6. The highest BCUT2D eigenvalue weighted by Crippen LogP contribution is 2.83. The number of esters is 1. The summed E-state index contributed by atoms with van der Waals surface area (Å²) in [6.07, 6.45) is 3.36. The summed E-state index contributed by atoms with van der Waals surface area (Å²) >= 11 is 0. The fourth-order valence-corrected chi connectivity index (χ4v) is 7.56. The van der Waals surface area contributed by atoms with Gasteiger partial charge in [-0.05, 0) is 44.6 Å². The lowest BCUT2D eigenvalue weighted by atomic mass is 9.47. The first-order valence-electron chi connectivity index (χ1n) is 9.85. The van der Waals surface area contributed by atoms with Crippen LogP contribution in [0.2, 0.25) is 0 Å². The van der Waals surface area contributed by atoms with E-state index in [4.69, 9.17) is 18.9 Å². The molecular weight excluding hydrogens is 336 g/mol. The monoisotopic (exact) mass is 360 g/mol. The van der Waals surface area contributed by atoms with Gasteiger partial charge in [-0.2, -0.15) is 0 Å². The van der Waals surface area contributed by atoms with Gasteiger partial charge in [-0.15, -0.1) is 0 Å². The largest absolute Gasteiger partial charge is 0.458 e. The summed E-state index contributed by atoms with van der Waals surface area (Å²) in [5.74, 6) is 0.147. The lowest BCUT2D eigenvalue weighted by molar-refractivity contribution is -0.136. The fraction of sp³-hybridized carbons (Fsp3) is 0.850. The minimum absolute atomic E-state index is 0.0133. The average molecular weight is 360 g/mol. The Morgan fingerprint density at radius 3 is 2.77 bits per heavy atom. The van der Waals surface area contributed by atoms with E-state index in [2.05, 4.69) is 6.92 Å². The predicted molar refractivity (Wildman–Crippen MR) is 87.2 cm³/mol. The molecule has 6 nitrogen and oxygen atoms in total. The topological polar surface area (TPSA) is 84.1 Å². The maximum absolute atomic E-state index is 12.1. The van der Waals surface area contributed by atoms with Crippen molar-refractivity contribution >= 4 is 5.97 Å². The maximum Gasteiger partial charge on any atom is 0.334 e. The van der Waals surface area contributed by atoms with Gasteiger partial charge in [-0.25, -0.2) is 4.79 Å². The van der Waals surface area contributed by atoms with E-state index in [0.717, 1.165) is 24.8 Å². The van der Waals surface area contributed by atoms with Crippen molar-refractivity contribution in [3.8, 4) is 0 Å². The number of hydrogen-bond donors (Lipinski definition) is 1. The molecule has 140 valence electrons. The number of carbonyl (C=O) groups is 1. The Morgan fingerprint density at radius 2 is 2.00 bits per heavy atom.